The lowest BCUT2D eigenvalue weighted by molar-refractivity contribution is -0.155. The molecule has 0 spiro atoms. The minimum Gasteiger partial charge on any atom is -0.465 e. The van der Waals surface area contributed by atoms with E-state index >= 15 is 0 Å². The number of esters is 1. The smallest absolute Gasteiger partial charge is 0.316 e. The molecule has 1 atom stereocenters. The monoisotopic (exact) mass is 252 g/mol. The first-order valence-corrected chi connectivity index (χ1v) is 5.60. The molecule has 1 unspecified atom stereocenters. The fourth-order valence-electron chi connectivity index (χ4n) is 1.31. The minimum atomic E-state index is -3.14. The van der Waals surface area contributed by atoms with Crippen LogP contribution in [0.15, 0.2) is 0 Å². The van der Waals surface area contributed by atoms with E-state index in [0.717, 1.165) is 0 Å². The van der Waals surface area contributed by atoms with E-state index in [-0.39, 0.29) is 13.0 Å². The largest absolute Gasteiger partial charge is 0.465 e. The second kappa shape index (κ2) is 9.04. The molecule has 0 N–H and O–H groups in total. The number of carbonyl (C=O) groups is 2. The molecule has 0 saturated heterocycles. The van der Waals surface area contributed by atoms with Crippen molar-refractivity contribution in [2.45, 2.75) is 33.1 Å². The van der Waals surface area contributed by atoms with Gasteiger partial charge in [-0.3, -0.25) is 9.59 Å². The summed E-state index contributed by atoms with van der Waals surface area (Å²) >= 11 is 0. The summed E-state index contributed by atoms with van der Waals surface area (Å²) in [4.78, 5) is 22.5. The third kappa shape index (κ3) is 6.31. The first kappa shape index (κ1) is 16.0. The third-order valence-electron chi connectivity index (χ3n) is 2.12. The fraction of sp³-hybridized carbons (Fsp3) is 0.818. The van der Waals surface area contributed by atoms with Crippen LogP contribution < -0.4 is 0 Å². The number of alkyl halides is 2. The van der Waals surface area contributed by atoms with Gasteiger partial charge in [0.25, 0.3) is 6.43 Å². The van der Waals surface area contributed by atoms with Crippen molar-refractivity contribution >= 4 is 11.8 Å². The van der Waals surface area contributed by atoms with Gasteiger partial charge < -0.3 is 9.47 Å². The predicted molar refractivity (Wildman–Crippen MR) is 56.9 cm³/mol. The first-order chi connectivity index (χ1) is 8.04. The van der Waals surface area contributed by atoms with Gasteiger partial charge in [-0.25, -0.2) is 8.78 Å². The number of hydrogen-bond acceptors (Lipinski definition) is 4. The van der Waals surface area contributed by atoms with Gasteiger partial charge in [0, 0.05) is 13.2 Å². The fourth-order valence-corrected chi connectivity index (χ4v) is 1.31. The number of Topliss-reactive ketones (excluding diaryl/α,β-unsaturated/α-hetero) is 1. The Morgan fingerprint density at radius 2 is 1.82 bits per heavy atom. The number of hydrogen-bond donors (Lipinski definition) is 0. The lowest BCUT2D eigenvalue weighted by atomic mass is 9.98. The van der Waals surface area contributed by atoms with E-state index < -0.39 is 24.1 Å². The van der Waals surface area contributed by atoms with Crippen molar-refractivity contribution in [3.8, 4) is 0 Å². The molecule has 0 aromatic rings. The third-order valence-corrected chi connectivity index (χ3v) is 2.12. The number of carbonyl (C=O) groups excluding carboxylic acids is 2. The van der Waals surface area contributed by atoms with E-state index in [2.05, 4.69) is 4.74 Å². The maximum Gasteiger partial charge on any atom is 0.316 e. The predicted octanol–water partition coefficient (Wildman–Crippen LogP) is 1.82. The Morgan fingerprint density at radius 1 is 1.18 bits per heavy atom. The van der Waals surface area contributed by atoms with E-state index in [9.17, 15) is 18.4 Å². The lowest BCUT2D eigenvalue weighted by Gasteiger charge is -2.13. The van der Waals surface area contributed by atoms with Gasteiger partial charge in [0.15, 0.2) is 0 Å². The molecule has 0 rings (SSSR count). The summed E-state index contributed by atoms with van der Waals surface area (Å²) in [6.07, 6.45) is -2.74. The summed E-state index contributed by atoms with van der Waals surface area (Å²) in [5.74, 6) is -3.63. The Labute approximate surface area is 99.3 Å². The van der Waals surface area contributed by atoms with Gasteiger partial charge >= 0.3 is 5.97 Å². The summed E-state index contributed by atoms with van der Waals surface area (Å²) in [6.45, 7) is 4.27. The van der Waals surface area contributed by atoms with Crippen LogP contribution in [0.3, 0.4) is 0 Å². The highest BCUT2D eigenvalue weighted by atomic mass is 19.3. The highest BCUT2D eigenvalue weighted by molar-refractivity contribution is 6.00. The molecular weight excluding hydrogens is 234 g/mol. The van der Waals surface area contributed by atoms with Crippen molar-refractivity contribution in [2.75, 3.05) is 19.8 Å². The summed E-state index contributed by atoms with van der Waals surface area (Å²) < 4.78 is 34.1. The van der Waals surface area contributed by atoms with Crippen LogP contribution in [0.5, 0.6) is 0 Å². The SMILES string of the molecule is CCOCCCC(C(=O)OCC)C(=O)C(F)F. The molecule has 0 amide bonds. The average molecular weight is 252 g/mol. The Bertz CT molecular complexity index is 244. The van der Waals surface area contributed by atoms with Crippen molar-refractivity contribution in [1.82, 2.24) is 0 Å². The summed E-state index contributed by atoms with van der Waals surface area (Å²) in [6, 6.07) is 0. The van der Waals surface area contributed by atoms with Gasteiger partial charge in [0.05, 0.1) is 6.61 Å². The van der Waals surface area contributed by atoms with Gasteiger partial charge in [-0.1, -0.05) is 0 Å². The molecule has 0 aromatic carbocycles. The van der Waals surface area contributed by atoms with Crippen LogP contribution in [0.2, 0.25) is 0 Å². The van der Waals surface area contributed by atoms with Gasteiger partial charge in [-0.05, 0) is 26.7 Å². The number of halogens is 2. The van der Waals surface area contributed by atoms with E-state index in [4.69, 9.17) is 4.74 Å². The van der Waals surface area contributed by atoms with E-state index in [0.29, 0.717) is 19.6 Å². The molecule has 0 heterocycles. The molecule has 0 aromatic heterocycles. The van der Waals surface area contributed by atoms with Crippen molar-refractivity contribution in [3.63, 3.8) is 0 Å². The van der Waals surface area contributed by atoms with Gasteiger partial charge in [0.2, 0.25) is 5.78 Å². The van der Waals surface area contributed by atoms with Crippen molar-refractivity contribution in [1.29, 1.82) is 0 Å². The van der Waals surface area contributed by atoms with Gasteiger partial charge in [-0.2, -0.15) is 0 Å². The van der Waals surface area contributed by atoms with E-state index in [1.165, 1.54) is 0 Å². The molecule has 6 heteroatoms. The first-order valence-electron chi connectivity index (χ1n) is 5.60. The van der Waals surface area contributed by atoms with Crippen LogP contribution >= 0.6 is 0 Å². The number of ketones is 1. The molecule has 100 valence electrons. The summed E-state index contributed by atoms with van der Waals surface area (Å²) in [5, 5.41) is 0. The average Bonchev–Trinajstić information content (AvgIpc) is 2.28. The zero-order valence-electron chi connectivity index (χ0n) is 10.1. The minimum absolute atomic E-state index is 0.0298. The standard InChI is InChI=1S/C11H18F2O4/c1-3-16-7-5-6-8(9(14)10(12)13)11(15)17-4-2/h8,10H,3-7H2,1-2H3. The quantitative estimate of drug-likeness (QED) is 0.357. The van der Waals surface area contributed by atoms with E-state index in [1.807, 2.05) is 0 Å². The van der Waals surface area contributed by atoms with Crippen LogP contribution in [-0.4, -0.2) is 38.0 Å². The second-order valence-electron chi connectivity index (χ2n) is 3.35. The van der Waals surface area contributed by atoms with Crippen LogP contribution in [0.4, 0.5) is 8.78 Å². The molecule has 0 bridgehead atoms. The summed E-state index contributed by atoms with van der Waals surface area (Å²) in [5.41, 5.74) is 0. The zero-order valence-corrected chi connectivity index (χ0v) is 10.1. The Kier molecular flexibility index (Phi) is 8.49. The van der Waals surface area contributed by atoms with Crippen LogP contribution in [-0.2, 0) is 19.1 Å². The lowest BCUT2D eigenvalue weighted by Crippen LogP contribution is -2.31. The highest BCUT2D eigenvalue weighted by Crippen LogP contribution is 2.15. The van der Waals surface area contributed by atoms with Crippen LogP contribution in [0.1, 0.15) is 26.7 Å². The zero-order chi connectivity index (χ0) is 13.3. The van der Waals surface area contributed by atoms with Crippen LogP contribution in [0, 0.1) is 5.92 Å². The van der Waals surface area contributed by atoms with Gasteiger partial charge in [-0.15, -0.1) is 0 Å². The Balaban J connectivity index is 4.30. The topological polar surface area (TPSA) is 52.6 Å². The molecular formula is C11H18F2O4. The number of rotatable bonds is 9. The van der Waals surface area contributed by atoms with Crippen LogP contribution in [0.25, 0.3) is 0 Å². The molecule has 0 fully saturated rings. The second-order valence-corrected chi connectivity index (χ2v) is 3.35. The molecule has 0 aliphatic rings. The Morgan fingerprint density at radius 3 is 2.29 bits per heavy atom. The van der Waals surface area contributed by atoms with Crippen molar-refractivity contribution in [3.05, 3.63) is 0 Å². The molecule has 0 saturated carbocycles. The normalized spacial score (nSPS) is 12.5. The molecule has 17 heavy (non-hydrogen) atoms. The number of ether oxygens (including phenoxy) is 2. The highest BCUT2D eigenvalue weighted by Gasteiger charge is 2.33. The van der Waals surface area contributed by atoms with Gasteiger partial charge in [0.1, 0.15) is 5.92 Å². The maximum absolute atomic E-state index is 12.3. The Hall–Kier alpha value is -1.04. The molecule has 0 aliphatic carbocycles. The molecule has 0 aliphatic heterocycles. The molecule has 0 radical (unpaired) electrons. The molecule has 4 nitrogen and oxygen atoms in total. The summed E-state index contributed by atoms with van der Waals surface area (Å²) in [7, 11) is 0. The maximum atomic E-state index is 12.3. The van der Waals surface area contributed by atoms with Crippen molar-refractivity contribution in [2.24, 2.45) is 5.92 Å². The van der Waals surface area contributed by atoms with E-state index in [1.54, 1.807) is 13.8 Å². The van der Waals surface area contributed by atoms with Crippen molar-refractivity contribution < 1.29 is 27.8 Å².